The lowest BCUT2D eigenvalue weighted by molar-refractivity contribution is 0.271. The van der Waals surface area contributed by atoms with Crippen molar-refractivity contribution in [3.8, 4) is 5.75 Å². The topological polar surface area (TPSA) is 68.7 Å². The van der Waals surface area contributed by atoms with Gasteiger partial charge in [-0.3, -0.25) is 4.90 Å². The van der Waals surface area contributed by atoms with Crippen molar-refractivity contribution < 1.29 is 9.13 Å². The number of benzene rings is 2. The van der Waals surface area contributed by atoms with Crippen LogP contribution in [0.5, 0.6) is 5.75 Å². The first kappa shape index (κ1) is 16.0. The Hall–Kier alpha value is -3.19. The van der Waals surface area contributed by atoms with Gasteiger partial charge in [-0.2, -0.15) is 9.61 Å². The molecule has 1 aliphatic heterocycles. The van der Waals surface area contributed by atoms with Gasteiger partial charge in [-0.25, -0.2) is 9.37 Å². The maximum absolute atomic E-state index is 13.4. The number of nitrogens with zero attached hydrogens (tertiary/aromatic N) is 4. The van der Waals surface area contributed by atoms with Gasteiger partial charge in [0.15, 0.2) is 0 Å². The van der Waals surface area contributed by atoms with E-state index in [1.54, 1.807) is 17.7 Å². The number of halogens is 1. The standard InChI is InChI=1S/C20H18FN5O/c1-27-18-4-2-3-16-17-8-15(24-26(17)20(22)23-19(16)18)11-25-9-12-5-6-14(21)7-13(12)10-25/h2-8H,9-11H2,1H3,(H2,22,23). The van der Waals surface area contributed by atoms with Crippen LogP contribution in [0.15, 0.2) is 42.5 Å². The van der Waals surface area contributed by atoms with Crippen molar-refractivity contribution in [1.29, 1.82) is 0 Å². The van der Waals surface area contributed by atoms with Crippen molar-refractivity contribution in [2.75, 3.05) is 12.8 Å². The number of nitrogen functional groups attached to an aromatic ring is 1. The Morgan fingerprint density at radius 2 is 2.00 bits per heavy atom. The fourth-order valence-electron chi connectivity index (χ4n) is 3.82. The van der Waals surface area contributed by atoms with Crippen LogP contribution in [-0.4, -0.2) is 26.6 Å². The van der Waals surface area contributed by atoms with Gasteiger partial charge in [-0.15, -0.1) is 0 Å². The van der Waals surface area contributed by atoms with E-state index in [1.807, 2.05) is 30.3 Å². The Morgan fingerprint density at radius 3 is 2.85 bits per heavy atom. The van der Waals surface area contributed by atoms with E-state index in [-0.39, 0.29) is 5.82 Å². The molecule has 4 aromatic rings. The zero-order valence-corrected chi connectivity index (χ0v) is 14.8. The largest absolute Gasteiger partial charge is 0.494 e. The second-order valence-corrected chi connectivity index (χ2v) is 6.82. The van der Waals surface area contributed by atoms with E-state index in [4.69, 9.17) is 10.5 Å². The highest BCUT2D eigenvalue weighted by molar-refractivity contribution is 5.97. The molecule has 0 radical (unpaired) electrons. The molecule has 1 aliphatic rings. The molecule has 136 valence electrons. The number of fused-ring (bicyclic) bond motifs is 4. The summed E-state index contributed by atoms with van der Waals surface area (Å²) in [7, 11) is 1.62. The molecule has 0 unspecified atom stereocenters. The van der Waals surface area contributed by atoms with Crippen LogP contribution < -0.4 is 10.5 Å². The van der Waals surface area contributed by atoms with Gasteiger partial charge < -0.3 is 10.5 Å². The predicted molar refractivity (Wildman–Crippen MR) is 101 cm³/mol. The predicted octanol–water partition coefficient (Wildman–Crippen LogP) is 3.13. The number of methoxy groups -OCH3 is 1. The third-order valence-electron chi connectivity index (χ3n) is 5.04. The first-order valence-corrected chi connectivity index (χ1v) is 8.73. The first-order chi connectivity index (χ1) is 13.1. The molecule has 0 saturated carbocycles. The number of nitrogens with two attached hydrogens (primary N) is 1. The molecule has 0 atom stereocenters. The van der Waals surface area contributed by atoms with Crippen molar-refractivity contribution in [3.63, 3.8) is 0 Å². The highest BCUT2D eigenvalue weighted by Gasteiger charge is 2.21. The van der Waals surface area contributed by atoms with E-state index in [0.717, 1.165) is 39.8 Å². The Labute approximate surface area is 155 Å². The van der Waals surface area contributed by atoms with Gasteiger partial charge in [0.25, 0.3) is 0 Å². The third-order valence-corrected chi connectivity index (χ3v) is 5.04. The molecule has 7 heteroatoms. The molecule has 0 fully saturated rings. The average Bonchev–Trinajstić information content (AvgIpc) is 3.25. The van der Waals surface area contributed by atoms with Crippen LogP contribution in [0.2, 0.25) is 0 Å². The van der Waals surface area contributed by atoms with Crippen molar-refractivity contribution in [1.82, 2.24) is 19.5 Å². The van der Waals surface area contributed by atoms with Crippen molar-refractivity contribution in [3.05, 3.63) is 65.1 Å². The number of ether oxygens (including phenoxy) is 1. The molecule has 2 N–H and O–H groups in total. The summed E-state index contributed by atoms with van der Waals surface area (Å²) in [5.74, 6) is 0.809. The molecule has 0 aliphatic carbocycles. The summed E-state index contributed by atoms with van der Waals surface area (Å²) in [5, 5.41) is 5.57. The van der Waals surface area contributed by atoms with E-state index in [2.05, 4.69) is 15.0 Å². The van der Waals surface area contributed by atoms with Crippen LogP contribution in [0, 0.1) is 5.82 Å². The third kappa shape index (κ3) is 2.59. The number of rotatable bonds is 3. The lowest BCUT2D eigenvalue weighted by Crippen LogP contribution is -2.16. The molecule has 0 saturated heterocycles. The second-order valence-electron chi connectivity index (χ2n) is 6.82. The van der Waals surface area contributed by atoms with Gasteiger partial charge in [0.05, 0.1) is 18.3 Å². The average molecular weight is 363 g/mol. The van der Waals surface area contributed by atoms with Crippen LogP contribution in [0.3, 0.4) is 0 Å². The van der Waals surface area contributed by atoms with E-state index < -0.39 is 0 Å². The molecular formula is C20H18FN5O. The number of hydrogen-bond donors (Lipinski definition) is 1. The smallest absolute Gasteiger partial charge is 0.222 e. The molecule has 2 aromatic heterocycles. The summed E-state index contributed by atoms with van der Waals surface area (Å²) in [6.07, 6.45) is 0. The van der Waals surface area contributed by atoms with E-state index in [0.29, 0.717) is 24.8 Å². The van der Waals surface area contributed by atoms with E-state index in [1.165, 1.54) is 6.07 Å². The highest BCUT2D eigenvalue weighted by atomic mass is 19.1. The van der Waals surface area contributed by atoms with Crippen LogP contribution in [0.25, 0.3) is 16.4 Å². The van der Waals surface area contributed by atoms with Crippen LogP contribution in [0.1, 0.15) is 16.8 Å². The molecule has 0 amide bonds. The van der Waals surface area contributed by atoms with Crippen LogP contribution >= 0.6 is 0 Å². The van der Waals surface area contributed by atoms with Gasteiger partial charge in [0, 0.05) is 25.0 Å². The Balaban J connectivity index is 1.52. The maximum Gasteiger partial charge on any atom is 0.222 e. The van der Waals surface area contributed by atoms with Crippen molar-refractivity contribution in [2.24, 2.45) is 0 Å². The minimum absolute atomic E-state index is 0.192. The number of anilines is 1. The molecular weight excluding hydrogens is 345 g/mol. The number of aromatic nitrogens is 3. The summed E-state index contributed by atoms with van der Waals surface area (Å²) >= 11 is 0. The fourth-order valence-corrected chi connectivity index (χ4v) is 3.82. The Morgan fingerprint density at radius 1 is 1.15 bits per heavy atom. The zero-order valence-electron chi connectivity index (χ0n) is 14.8. The summed E-state index contributed by atoms with van der Waals surface area (Å²) < 4.78 is 20.5. The summed E-state index contributed by atoms with van der Waals surface area (Å²) in [4.78, 5) is 6.69. The Kier molecular flexibility index (Phi) is 3.51. The molecule has 6 nitrogen and oxygen atoms in total. The van der Waals surface area contributed by atoms with E-state index in [9.17, 15) is 4.39 Å². The van der Waals surface area contributed by atoms with Gasteiger partial charge in [0.1, 0.15) is 17.1 Å². The van der Waals surface area contributed by atoms with Crippen molar-refractivity contribution >= 4 is 22.4 Å². The zero-order chi connectivity index (χ0) is 18.5. The normalized spacial score (nSPS) is 14.1. The monoisotopic (exact) mass is 363 g/mol. The lowest BCUT2D eigenvalue weighted by Gasteiger charge is -2.12. The fraction of sp³-hybridized carbons (Fsp3) is 0.200. The summed E-state index contributed by atoms with van der Waals surface area (Å²) in [6.45, 7) is 2.15. The molecule has 0 spiro atoms. The number of hydrogen-bond acceptors (Lipinski definition) is 5. The Bertz CT molecular complexity index is 1190. The molecule has 27 heavy (non-hydrogen) atoms. The molecule has 0 bridgehead atoms. The van der Waals surface area contributed by atoms with E-state index >= 15 is 0 Å². The number of para-hydroxylation sites is 1. The first-order valence-electron chi connectivity index (χ1n) is 8.73. The van der Waals surface area contributed by atoms with Gasteiger partial charge in [-0.05, 0) is 35.4 Å². The molecule has 5 rings (SSSR count). The maximum atomic E-state index is 13.4. The van der Waals surface area contributed by atoms with Gasteiger partial charge in [-0.1, -0.05) is 18.2 Å². The summed E-state index contributed by atoms with van der Waals surface area (Å²) in [6, 6.07) is 12.8. The highest BCUT2D eigenvalue weighted by Crippen LogP contribution is 2.30. The second kappa shape index (κ2) is 5.92. The summed E-state index contributed by atoms with van der Waals surface area (Å²) in [5.41, 5.74) is 10.8. The minimum Gasteiger partial charge on any atom is -0.494 e. The van der Waals surface area contributed by atoms with Crippen molar-refractivity contribution in [2.45, 2.75) is 19.6 Å². The van der Waals surface area contributed by atoms with Crippen LogP contribution in [-0.2, 0) is 19.6 Å². The quantitative estimate of drug-likeness (QED) is 0.606. The molecule has 3 heterocycles. The van der Waals surface area contributed by atoms with Gasteiger partial charge >= 0.3 is 0 Å². The SMILES string of the molecule is COc1cccc2c1nc(N)n1nc(CN3Cc4ccc(F)cc4C3)cc21. The lowest BCUT2D eigenvalue weighted by atomic mass is 10.1. The molecule has 2 aromatic carbocycles. The minimum atomic E-state index is -0.192. The van der Waals surface area contributed by atoms with Gasteiger partial charge in [0.2, 0.25) is 5.95 Å². The van der Waals surface area contributed by atoms with Crippen LogP contribution in [0.4, 0.5) is 10.3 Å².